The van der Waals surface area contributed by atoms with Crippen molar-refractivity contribution in [1.29, 1.82) is 0 Å². The van der Waals surface area contributed by atoms with Gasteiger partial charge in [-0.25, -0.2) is 9.78 Å². The van der Waals surface area contributed by atoms with E-state index in [4.69, 9.17) is 4.74 Å². The third-order valence-corrected chi connectivity index (χ3v) is 1.46. The number of carbonyl (C=O) groups is 1. The minimum atomic E-state index is -0.379. The van der Waals surface area contributed by atoms with Crippen molar-refractivity contribution in [3.63, 3.8) is 0 Å². The molecule has 0 radical (unpaired) electrons. The number of carbonyl (C=O) groups excluding carboxylic acids is 1. The quantitative estimate of drug-likeness (QED) is 0.684. The lowest BCUT2D eigenvalue weighted by atomic mass is 10.4. The molecule has 0 atom stereocenters. The summed E-state index contributed by atoms with van der Waals surface area (Å²) < 4.78 is 4.82. The van der Waals surface area contributed by atoms with Crippen LogP contribution in [-0.4, -0.2) is 29.1 Å². The van der Waals surface area contributed by atoms with Gasteiger partial charge >= 0.3 is 5.97 Å². The van der Waals surface area contributed by atoms with Crippen LogP contribution < -0.4 is 5.32 Å². The zero-order chi connectivity index (χ0) is 9.68. The molecule has 13 heavy (non-hydrogen) atoms. The molecule has 0 spiro atoms. The molecule has 1 rings (SSSR count). The van der Waals surface area contributed by atoms with Gasteiger partial charge in [0.1, 0.15) is 0 Å². The number of hydrogen-bond donors (Lipinski definition) is 2. The second-order valence-electron chi connectivity index (χ2n) is 2.38. The van der Waals surface area contributed by atoms with Crippen LogP contribution in [0.3, 0.4) is 0 Å². The Hall–Kier alpha value is -1.52. The molecule has 0 aromatic carbocycles. The summed E-state index contributed by atoms with van der Waals surface area (Å²) in [5, 5.41) is 2.95. The van der Waals surface area contributed by atoms with Crippen LogP contribution >= 0.6 is 0 Å². The van der Waals surface area contributed by atoms with Crippen molar-refractivity contribution in [3.8, 4) is 0 Å². The fourth-order valence-electron chi connectivity index (χ4n) is 0.955. The third-order valence-electron chi connectivity index (χ3n) is 1.46. The van der Waals surface area contributed by atoms with Gasteiger partial charge in [0.05, 0.1) is 12.9 Å². The highest BCUT2D eigenvalue weighted by atomic mass is 16.5. The summed E-state index contributed by atoms with van der Waals surface area (Å²) in [6, 6.07) is 0. The number of nitrogens with zero attached hydrogens (tertiary/aromatic N) is 1. The van der Waals surface area contributed by atoms with Crippen LogP contribution in [0.5, 0.6) is 0 Å². The monoisotopic (exact) mass is 183 g/mol. The molecule has 0 fully saturated rings. The number of ether oxygens (including phenoxy) is 1. The van der Waals surface area contributed by atoms with E-state index in [1.807, 2.05) is 6.92 Å². The average Bonchev–Trinajstić information content (AvgIpc) is 2.54. The number of rotatable bonds is 4. The fraction of sp³-hybridized carbons (Fsp3) is 0.500. The van der Waals surface area contributed by atoms with Gasteiger partial charge in [-0.15, -0.1) is 0 Å². The summed E-state index contributed by atoms with van der Waals surface area (Å²) in [5.74, 6) is 0.164. The van der Waals surface area contributed by atoms with E-state index >= 15 is 0 Å². The third kappa shape index (κ3) is 2.21. The zero-order valence-electron chi connectivity index (χ0n) is 7.76. The van der Waals surface area contributed by atoms with Crippen LogP contribution in [-0.2, 0) is 4.74 Å². The van der Waals surface area contributed by atoms with Crippen LogP contribution in [0.15, 0.2) is 6.33 Å². The maximum Gasteiger partial charge on any atom is 0.358 e. The SMILES string of the molecule is CCNc1nc[nH]c1C(=O)OCC. The lowest BCUT2D eigenvalue weighted by molar-refractivity contribution is 0.0521. The summed E-state index contributed by atoms with van der Waals surface area (Å²) in [4.78, 5) is 17.9. The molecule has 72 valence electrons. The Morgan fingerprint density at radius 3 is 3.08 bits per heavy atom. The largest absolute Gasteiger partial charge is 0.461 e. The van der Waals surface area contributed by atoms with E-state index in [2.05, 4.69) is 15.3 Å². The second kappa shape index (κ2) is 4.49. The highest BCUT2D eigenvalue weighted by molar-refractivity contribution is 5.92. The number of aromatic nitrogens is 2. The van der Waals surface area contributed by atoms with Gasteiger partial charge in [-0.1, -0.05) is 0 Å². The summed E-state index contributed by atoms with van der Waals surface area (Å²) in [6.45, 7) is 4.78. The van der Waals surface area contributed by atoms with Crippen molar-refractivity contribution in [2.45, 2.75) is 13.8 Å². The molecule has 0 saturated carbocycles. The van der Waals surface area contributed by atoms with Crippen molar-refractivity contribution >= 4 is 11.8 Å². The van der Waals surface area contributed by atoms with Gasteiger partial charge in [0, 0.05) is 6.54 Å². The normalized spacial score (nSPS) is 9.69. The van der Waals surface area contributed by atoms with Crippen molar-refractivity contribution < 1.29 is 9.53 Å². The molecule has 5 nitrogen and oxygen atoms in total. The lowest BCUT2D eigenvalue weighted by Gasteiger charge is -2.02. The van der Waals surface area contributed by atoms with Crippen LogP contribution in [0.25, 0.3) is 0 Å². The predicted molar refractivity (Wildman–Crippen MR) is 48.7 cm³/mol. The van der Waals surface area contributed by atoms with Crippen LogP contribution in [0.2, 0.25) is 0 Å². The van der Waals surface area contributed by atoms with E-state index in [0.717, 1.165) is 6.54 Å². The summed E-state index contributed by atoms with van der Waals surface area (Å²) in [7, 11) is 0. The minimum Gasteiger partial charge on any atom is -0.461 e. The highest BCUT2D eigenvalue weighted by Gasteiger charge is 2.13. The Labute approximate surface area is 76.5 Å². The number of imidazole rings is 1. The summed E-state index contributed by atoms with van der Waals surface area (Å²) >= 11 is 0. The van der Waals surface area contributed by atoms with E-state index in [1.165, 1.54) is 6.33 Å². The summed E-state index contributed by atoms with van der Waals surface area (Å²) in [6.07, 6.45) is 1.46. The van der Waals surface area contributed by atoms with E-state index < -0.39 is 0 Å². The molecular formula is C8H13N3O2. The molecule has 0 bridgehead atoms. The number of esters is 1. The predicted octanol–water partition coefficient (Wildman–Crippen LogP) is 1.02. The van der Waals surface area contributed by atoms with Crippen molar-refractivity contribution in [2.75, 3.05) is 18.5 Å². The van der Waals surface area contributed by atoms with E-state index in [1.54, 1.807) is 6.92 Å². The fourth-order valence-corrected chi connectivity index (χ4v) is 0.955. The minimum absolute atomic E-state index is 0.365. The van der Waals surface area contributed by atoms with Crippen LogP contribution in [0.4, 0.5) is 5.82 Å². The molecular weight excluding hydrogens is 170 g/mol. The lowest BCUT2D eigenvalue weighted by Crippen LogP contribution is -2.09. The van der Waals surface area contributed by atoms with Crippen molar-refractivity contribution in [1.82, 2.24) is 9.97 Å². The van der Waals surface area contributed by atoms with Crippen molar-refractivity contribution in [3.05, 3.63) is 12.0 Å². The number of nitrogens with one attached hydrogen (secondary N) is 2. The maximum atomic E-state index is 11.3. The molecule has 0 unspecified atom stereocenters. The number of aromatic amines is 1. The Morgan fingerprint density at radius 1 is 1.69 bits per heavy atom. The standard InChI is InChI=1S/C8H13N3O2/c1-3-9-7-6(10-5-11-7)8(12)13-4-2/h5,9H,3-4H2,1-2H3,(H,10,11). The average molecular weight is 183 g/mol. The smallest absolute Gasteiger partial charge is 0.358 e. The molecule has 0 saturated heterocycles. The van der Waals surface area contributed by atoms with Gasteiger partial charge in [-0.05, 0) is 13.8 Å². The summed E-state index contributed by atoms with van der Waals surface area (Å²) in [5.41, 5.74) is 0.378. The first kappa shape index (κ1) is 9.57. The van der Waals surface area contributed by atoms with E-state index in [9.17, 15) is 4.79 Å². The second-order valence-corrected chi connectivity index (χ2v) is 2.38. The maximum absolute atomic E-state index is 11.3. The van der Waals surface area contributed by atoms with E-state index in [0.29, 0.717) is 18.1 Å². The molecule has 1 aromatic rings. The highest BCUT2D eigenvalue weighted by Crippen LogP contribution is 2.09. The Kier molecular flexibility index (Phi) is 3.31. The van der Waals surface area contributed by atoms with Gasteiger partial charge in [-0.3, -0.25) is 0 Å². The van der Waals surface area contributed by atoms with Crippen LogP contribution in [0.1, 0.15) is 24.3 Å². The topological polar surface area (TPSA) is 67.0 Å². The molecule has 0 aliphatic rings. The Morgan fingerprint density at radius 2 is 2.46 bits per heavy atom. The molecule has 0 aliphatic carbocycles. The zero-order valence-corrected chi connectivity index (χ0v) is 7.76. The molecule has 1 aromatic heterocycles. The number of anilines is 1. The molecule has 2 N–H and O–H groups in total. The molecule has 0 amide bonds. The van der Waals surface area contributed by atoms with Gasteiger partial charge in [0.2, 0.25) is 0 Å². The van der Waals surface area contributed by atoms with Gasteiger partial charge in [0.15, 0.2) is 11.5 Å². The van der Waals surface area contributed by atoms with E-state index in [-0.39, 0.29) is 5.97 Å². The molecule has 0 aliphatic heterocycles. The van der Waals surface area contributed by atoms with Crippen molar-refractivity contribution in [2.24, 2.45) is 0 Å². The van der Waals surface area contributed by atoms with Crippen LogP contribution in [0, 0.1) is 0 Å². The molecule has 1 heterocycles. The Bertz CT molecular complexity index is 283. The molecule has 5 heteroatoms. The number of hydrogen-bond acceptors (Lipinski definition) is 4. The first-order valence-electron chi connectivity index (χ1n) is 4.24. The van der Waals surface area contributed by atoms with Gasteiger partial charge < -0.3 is 15.0 Å². The number of H-pyrrole nitrogens is 1. The van der Waals surface area contributed by atoms with Gasteiger partial charge in [-0.2, -0.15) is 0 Å². The first-order chi connectivity index (χ1) is 6.29. The van der Waals surface area contributed by atoms with Gasteiger partial charge in [0.25, 0.3) is 0 Å². The first-order valence-corrected chi connectivity index (χ1v) is 4.24. The Balaban J connectivity index is 2.74.